The van der Waals surface area contributed by atoms with E-state index in [4.69, 9.17) is 0 Å². The number of benzene rings is 1. The first kappa shape index (κ1) is 15.4. The topological polar surface area (TPSA) is 110 Å². The third-order valence-electron chi connectivity index (χ3n) is 2.84. The van der Waals surface area contributed by atoms with Crippen LogP contribution in [0.3, 0.4) is 0 Å². The Morgan fingerprint density at radius 2 is 2.10 bits per heavy atom. The molecule has 0 fully saturated rings. The Hall–Kier alpha value is -1.97. The van der Waals surface area contributed by atoms with Crippen molar-refractivity contribution in [2.24, 2.45) is 0 Å². The lowest BCUT2D eigenvalue weighted by Crippen LogP contribution is -2.23. The van der Waals surface area contributed by atoms with Crippen molar-refractivity contribution in [1.82, 2.24) is 4.72 Å². The van der Waals surface area contributed by atoms with E-state index in [2.05, 4.69) is 4.72 Å². The van der Waals surface area contributed by atoms with Crippen LogP contribution >= 0.6 is 11.3 Å². The first-order valence-corrected chi connectivity index (χ1v) is 8.17. The third-order valence-corrected chi connectivity index (χ3v) is 5.27. The van der Waals surface area contributed by atoms with E-state index in [-0.39, 0.29) is 11.4 Å². The molecule has 0 saturated carbocycles. The van der Waals surface area contributed by atoms with Gasteiger partial charge in [-0.1, -0.05) is 0 Å². The summed E-state index contributed by atoms with van der Waals surface area (Å²) in [5.74, 6) is -0.576. The molecule has 0 spiro atoms. The average molecular weight is 328 g/mol. The summed E-state index contributed by atoms with van der Waals surface area (Å²) < 4.78 is 26.6. The van der Waals surface area contributed by atoms with Gasteiger partial charge in [-0.15, -0.1) is 11.3 Å². The summed E-state index contributed by atoms with van der Waals surface area (Å²) in [5, 5.41) is 21.9. The number of phenolic OH excluding ortho intramolecular Hbond substituents is 1. The van der Waals surface area contributed by atoms with Gasteiger partial charge in [-0.3, -0.25) is 10.1 Å². The summed E-state index contributed by atoms with van der Waals surface area (Å²) in [6.45, 7) is 1.98. The van der Waals surface area contributed by atoms with Crippen LogP contribution in [-0.2, 0) is 16.6 Å². The summed E-state index contributed by atoms with van der Waals surface area (Å²) in [6.07, 6.45) is 0. The minimum Gasteiger partial charge on any atom is -0.502 e. The van der Waals surface area contributed by atoms with Crippen LogP contribution < -0.4 is 4.72 Å². The van der Waals surface area contributed by atoms with Gasteiger partial charge in [0.15, 0.2) is 5.75 Å². The molecule has 0 atom stereocenters. The summed E-state index contributed by atoms with van der Waals surface area (Å²) in [5.41, 5.74) is 0.324. The number of nitro benzene ring substituents is 1. The van der Waals surface area contributed by atoms with Crippen LogP contribution in [-0.4, -0.2) is 18.4 Å². The molecule has 0 radical (unpaired) electrons. The van der Waals surface area contributed by atoms with Gasteiger partial charge in [-0.05, 0) is 36.1 Å². The van der Waals surface area contributed by atoms with Crippen molar-refractivity contribution in [2.45, 2.75) is 18.4 Å². The second-order valence-corrected chi connectivity index (χ2v) is 7.03. The van der Waals surface area contributed by atoms with E-state index in [9.17, 15) is 23.6 Å². The van der Waals surface area contributed by atoms with Gasteiger partial charge < -0.3 is 5.11 Å². The van der Waals surface area contributed by atoms with Crippen LogP contribution in [0.5, 0.6) is 5.75 Å². The van der Waals surface area contributed by atoms with Crippen LogP contribution in [0, 0.1) is 17.0 Å². The molecule has 112 valence electrons. The Morgan fingerprint density at radius 3 is 2.67 bits per heavy atom. The average Bonchev–Trinajstić information content (AvgIpc) is 2.82. The highest BCUT2D eigenvalue weighted by molar-refractivity contribution is 7.89. The molecule has 21 heavy (non-hydrogen) atoms. The molecule has 0 aliphatic heterocycles. The number of hydrogen-bond acceptors (Lipinski definition) is 6. The van der Waals surface area contributed by atoms with E-state index in [1.165, 1.54) is 11.3 Å². The Morgan fingerprint density at radius 1 is 1.38 bits per heavy atom. The predicted octanol–water partition coefficient (Wildman–Crippen LogP) is 2.15. The first-order valence-electron chi connectivity index (χ1n) is 5.81. The normalized spacial score (nSPS) is 11.5. The van der Waals surface area contributed by atoms with E-state index >= 15 is 0 Å². The van der Waals surface area contributed by atoms with Crippen LogP contribution in [0.15, 0.2) is 34.5 Å². The summed E-state index contributed by atoms with van der Waals surface area (Å²) in [7, 11) is -3.88. The molecule has 0 amide bonds. The maximum absolute atomic E-state index is 12.1. The number of nitrogens with one attached hydrogen (secondary N) is 1. The molecule has 1 aromatic carbocycles. The van der Waals surface area contributed by atoms with Gasteiger partial charge in [0, 0.05) is 17.5 Å². The van der Waals surface area contributed by atoms with Gasteiger partial charge in [0.2, 0.25) is 10.0 Å². The van der Waals surface area contributed by atoms with Gasteiger partial charge in [-0.25, -0.2) is 13.1 Å². The van der Waals surface area contributed by atoms with E-state index in [1.807, 2.05) is 18.4 Å². The minimum atomic E-state index is -3.88. The maximum Gasteiger partial charge on any atom is 0.312 e. The van der Waals surface area contributed by atoms with E-state index < -0.39 is 26.4 Å². The number of nitro groups is 1. The molecule has 2 rings (SSSR count). The molecule has 0 aliphatic rings. The molecular weight excluding hydrogens is 316 g/mol. The van der Waals surface area contributed by atoms with Gasteiger partial charge in [0.05, 0.1) is 9.82 Å². The second kappa shape index (κ2) is 5.80. The van der Waals surface area contributed by atoms with Crippen molar-refractivity contribution in [3.05, 3.63) is 50.2 Å². The van der Waals surface area contributed by atoms with Crippen LogP contribution in [0.2, 0.25) is 0 Å². The van der Waals surface area contributed by atoms with Crippen molar-refractivity contribution in [1.29, 1.82) is 0 Å². The first-order chi connectivity index (χ1) is 9.81. The zero-order valence-corrected chi connectivity index (χ0v) is 12.6. The number of thiophene rings is 1. The molecule has 0 aliphatic carbocycles. The number of rotatable bonds is 5. The molecular formula is C12H12N2O5S2. The number of sulfonamides is 1. The second-order valence-electron chi connectivity index (χ2n) is 4.26. The number of phenols is 1. The zero-order valence-electron chi connectivity index (χ0n) is 10.9. The largest absolute Gasteiger partial charge is 0.502 e. The fourth-order valence-electron chi connectivity index (χ4n) is 1.65. The van der Waals surface area contributed by atoms with Gasteiger partial charge in [-0.2, -0.15) is 0 Å². The summed E-state index contributed by atoms with van der Waals surface area (Å²) in [6, 6.07) is 4.81. The van der Waals surface area contributed by atoms with E-state index in [1.54, 1.807) is 0 Å². The highest BCUT2D eigenvalue weighted by atomic mass is 32.2. The molecule has 7 nitrogen and oxygen atoms in total. The number of nitrogens with zero attached hydrogens (tertiary/aromatic N) is 1. The SMILES string of the molecule is Cc1ccsc1CNS(=O)(=O)c1ccc(O)c([N+](=O)[O-])c1. The van der Waals surface area contributed by atoms with Crippen molar-refractivity contribution in [3.8, 4) is 5.75 Å². The molecule has 9 heteroatoms. The lowest BCUT2D eigenvalue weighted by atomic mass is 10.3. The Kier molecular flexibility index (Phi) is 4.26. The maximum atomic E-state index is 12.1. The molecule has 0 saturated heterocycles. The molecule has 2 aromatic rings. The van der Waals surface area contributed by atoms with Crippen molar-refractivity contribution < 1.29 is 18.4 Å². The van der Waals surface area contributed by atoms with Gasteiger partial charge in [0.25, 0.3) is 0 Å². The van der Waals surface area contributed by atoms with Crippen molar-refractivity contribution in [2.75, 3.05) is 0 Å². The number of hydrogen-bond donors (Lipinski definition) is 2. The smallest absolute Gasteiger partial charge is 0.312 e. The molecule has 0 unspecified atom stereocenters. The van der Waals surface area contributed by atoms with Crippen LogP contribution in [0.4, 0.5) is 5.69 Å². The monoisotopic (exact) mass is 328 g/mol. The van der Waals surface area contributed by atoms with Gasteiger partial charge >= 0.3 is 5.69 Å². The van der Waals surface area contributed by atoms with Crippen LogP contribution in [0.25, 0.3) is 0 Å². The predicted molar refractivity (Wildman–Crippen MR) is 77.8 cm³/mol. The Balaban J connectivity index is 2.26. The highest BCUT2D eigenvalue weighted by Gasteiger charge is 2.21. The Labute approximate surface area is 125 Å². The Bertz CT molecular complexity index is 783. The minimum absolute atomic E-state index is 0.112. The zero-order chi connectivity index (χ0) is 15.6. The molecule has 0 bridgehead atoms. The fourth-order valence-corrected chi connectivity index (χ4v) is 3.60. The quantitative estimate of drug-likeness (QED) is 0.645. The lowest BCUT2D eigenvalue weighted by molar-refractivity contribution is -0.386. The van der Waals surface area contributed by atoms with Crippen molar-refractivity contribution >= 4 is 27.0 Å². The molecule has 2 N–H and O–H groups in total. The van der Waals surface area contributed by atoms with E-state index in [0.29, 0.717) is 0 Å². The van der Waals surface area contributed by atoms with Crippen molar-refractivity contribution in [3.63, 3.8) is 0 Å². The van der Waals surface area contributed by atoms with Crippen LogP contribution in [0.1, 0.15) is 10.4 Å². The molecule has 1 heterocycles. The highest BCUT2D eigenvalue weighted by Crippen LogP contribution is 2.28. The molecule has 1 aromatic heterocycles. The number of aryl methyl sites for hydroxylation is 1. The lowest BCUT2D eigenvalue weighted by Gasteiger charge is -2.07. The number of aromatic hydroxyl groups is 1. The summed E-state index contributed by atoms with van der Waals surface area (Å²) >= 11 is 1.42. The standard InChI is InChI=1S/C12H12N2O5S2/c1-8-4-5-20-12(8)7-13-21(18,19)9-2-3-11(15)10(6-9)14(16)17/h2-6,13,15H,7H2,1H3. The third kappa shape index (κ3) is 3.38. The summed E-state index contributed by atoms with van der Waals surface area (Å²) in [4.78, 5) is 10.5. The van der Waals surface area contributed by atoms with Gasteiger partial charge in [0.1, 0.15) is 0 Å². The van der Waals surface area contributed by atoms with E-state index in [0.717, 1.165) is 28.6 Å². The fraction of sp³-hybridized carbons (Fsp3) is 0.167.